The van der Waals surface area contributed by atoms with Gasteiger partial charge in [0.05, 0.1) is 46.3 Å². The number of aromatic amines is 4. The van der Waals surface area contributed by atoms with Gasteiger partial charge in [0.25, 0.3) is 0 Å². The summed E-state index contributed by atoms with van der Waals surface area (Å²) < 4.78 is 0. The molecule has 10 aromatic heterocycles. The lowest BCUT2D eigenvalue weighted by molar-refractivity contribution is -0.116. The number of amides is 1. The van der Waals surface area contributed by atoms with Crippen LogP contribution in [0.2, 0.25) is 0 Å². The van der Waals surface area contributed by atoms with Gasteiger partial charge in [-0.2, -0.15) is 10.2 Å². The third kappa shape index (κ3) is 8.65. The van der Waals surface area contributed by atoms with Gasteiger partial charge in [-0.3, -0.25) is 34.9 Å². The van der Waals surface area contributed by atoms with E-state index in [1.54, 1.807) is 41.3 Å². The van der Waals surface area contributed by atoms with Crippen LogP contribution in [0.3, 0.4) is 0 Å². The van der Waals surface area contributed by atoms with Gasteiger partial charge >= 0.3 is 0 Å². The van der Waals surface area contributed by atoms with Crippen LogP contribution in [0.5, 0.6) is 0 Å². The molecule has 68 heavy (non-hydrogen) atoms. The fourth-order valence-corrected chi connectivity index (χ4v) is 9.54. The molecule has 16 heteroatoms. The molecule has 12 rings (SSSR count). The molecule has 336 valence electrons. The van der Waals surface area contributed by atoms with Gasteiger partial charge < -0.3 is 15.3 Å². The van der Waals surface area contributed by atoms with Gasteiger partial charge in [0.2, 0.25) is 5.91 Å². The summed E-state index contributed by atoms with van der Waals surface area (Å²) in [5, 5.41) is 24.4. The maximum Gasteiger partial charge on any atom is 0.224 e. The minimum atomic E-state index is -0.0159. The number of nitrogens with zero attached hydrogens (tertiary/aromatic N) is 8. The number of carbonyl (C=O) groups excluding carboxylic acids is 1. The van der Waals surface area contributed by atoms with E-state index < -0.39 is 0 Å². The summed E-state index contributed by atoms with van der Waals surface area (Å²) in [6.45, 7) is 10.1. The van der Waals surface area contributed by atoms with E-state index >= 15 is 0 Å². The number of anilines is 1. The second-order valence-corrected chi connectivity index (χ2v) is 18.2. The van der Waals surface area contributed by atoms with Crippen LogP contribution in [-0.4, -0.2) is 66.2 Å². The fourth-order valence-electron chi connectivity index (χ4n) is 8.07. The van der Waals surface area contributed by atoms with Crippen LogP contribution in [0.4, 0.5) is 5.69 Å². The smallest absolute Gasteiger partial charge is 0.224 e. The molecular formula is C52H45N13OS2. The van der Waals surface area contributed by atoms with Gasteiger partial charge in [0.1, 0.15) is 22.4 Å². The number of carbonyl (C=O) groups is 1. The number of aromatic nitrogens is 12. The van der Waals surface area contributed by atoms with E-state index in [2.05, 4.69) is 104 Å². The minimum absolute atomic E-state index is 0.0159. The Balaban J connectivity index is 0.000000155. The highest BCUT2D eigenvalue weighted by Crippen LogP contribution is 2.36. The number of imidazole rings is 2. The van der Waals surface area contributed by atoms with Crippen molar-refractivity contribution in [1.29, 1.82) is 0 Å². The highest BCUT2D eigenvalue weighted by atomic mass is 32.1. The number of thiophene rings is 2. The van der Waals surface area contributed by atoms with Crippen molar-refractivity contribution >= 4 is 78.1 Å². The van der Waals surface area contributed by atoms with E-state index in [0.29, 0.717) is 23.9 Å². The number of pyridine rings is 4. The topological polar surface area (TPSA) is 195 Å². The van der Waals surface area contributed by atoms with Gasteiger partial charge in [-0.25, -0.2) is 9.97 Å². The molecule has 0 saturated heterocycles. The molecule has 0 aliphatic heterocycles. The van der Waals surface area contributed by atoms with E-state index in [-0.39, 0.29) is 5.91 Å². The van der Waals surface area contributed by atoms with Crippen LogP contribution < -0.4 is 5.32 Å². The number of aryl methyl sites for hydroxylation is 1. The number of nitrogens with one attached hydrogen (secondary N) is 5. The molecule has 0 aliphatic rings. The molecular weight excluding hydrogens is 887 g/mol. The lowest BCUT2D eigenvalue weighted by atomic mass is 10.0. The zero-order valence-electron chi connectivity index (χ0n) is 37.8. The summed E-state index contributed by atoms with van der Waals surface area (Å²) >= 11 is 3.34. The summed E-state index contributed by atoms with van der Waals surface area (Å²) in [5.74, 6) is 1.67. The molecule has 0 fully saturated rings. The molecule has 12 aromatic rings. The average Bonchev–Trinajstić information content (AvgIpc) is 4.23. The highest BCUT2D eigenvalue weighted by molar-refractivity contribution is 7.14. The minimum Gasteiger partial charge on any atom is -0.335 e. The predicted octanol–water partition coefficient (Wildman–Crippen LogP) is 12.9. The highest BCUT2D eigenvalue weighted by Gasteiger charge is 2.19. The maximum atomic E-state index is 12.2. The van der Waals surface area contributed by atoms with Crippen LogP contribution in [0.25, 0.3) is 110 Å². The molecule has 0 aliphatic carbocycles. The number of H-pyrrole nitrogens is 4. The zero-order chi connectivity index (χ0) is 46.7. The lowest BCUT2D eigenvalue weighted by Crippen LogP contribution is -2.13. The Morgan fingerprint density at radius 1 is 0.603 bits per heavy atom. The Hall–Kier alpha value is -8.21. The normalized spacial score (nSPS) is 11.3. The molecule has 1 amide bonds. The van der Waals surface area contributed by atoms with Gasteiger partial charge in [-0.15, -0.1) is 22.7 Å². The van der Waals surface area contributed by atoms with E-state index in [1.165, 1.54) is 5.56 Å². The number of fused-ring (bicyclic) bond motifs is 4. The van der Waals surface area contributed by atoms with Gasteiger partial charge in [-0.1, -0.05) is 52.0 Å². The molecule has 0 saturated carbocycles. The quantitative estimate of drug-likeness (QED) is 0.0935. The Kier molecular flexibility index (Phi) is 12.2. The SMILES string of the molecule is CC.CC(C)CC(=O)Nc1cncc(-c2ccc3[nH]nc(-c4nc5c(-c6cccs6)cncc5[nH]4)c3c2)c1.Cc1ccncc1-c1ccc2[nH]nc(-c3nc4c(-c5cccs5)cncc4[nH]3)c2c1. The van der Waals surface area contributed by atoms with Gasteiger partial charge in [0.15, 0.2) is 11.6 Å². The Labute approximate surface area is 398 Å². The standard InChI is InChI=1S/C27H23N7OS.C23H16N6S.C2H6/c1-15(2)8-24(35)30-18-9-17(11-28-12-18)16-5-6-21-19(10-16)26(34-33-21)27-31-22-14-29-13-20(25(22)32-27)23-4-3-7-36-23;1-13-6-7-24-10-16(13)14-4-5-18-15(9-14)22(29-28-18)23-26-19-12-25-11-17(21(19)27-23)20-3-2-8-30-20;1-2/h3-7,9-15H,8H2,1-2H3,(H,30,35)(H,31,32)(H,33,34);2-12H,1H3,(H,26,27)(H,28,29);1-2H3. The molecule has 10 heterocycles. The summed E-state index contributed by atoms with van der Waals surface area (Å²) in [6, 6.07) is 24.5. The Bertz CT molecular complexity index is 3690. The van der Waals surface area contributed by atoms with Crippen molar-refractivity contribution in [2.45, 2.75) is 41.0 Å². The number of rotatable bonds is 9. The maximum absolute atomic E-state index is 12.2. The Morgan fingerprint density at radius 2 is 1.16 bits per heavy atom. The predicted molar refractivity (Wildman–Crippen MR) is 275 cm³/mol. The van der Waals surface area contributed by atoms with E-state index in [9.17, 15) is 4.79 Å². The van der Waals surface area contributed by atoms with Crippen molar-refractivity contribution < 1.29 is 4.79 Å². The Morgan fingerprint density at radius 3 is 1.72 bits per heavy atom. The summed E-state index contributed by atoms with van der Waals surface area (Å²) in [7, 11) is 0. The van der Waals surface area contributed by atoms with Crippen molar-refractivity contribution in [3.63, 3.8) is 0 Å². The molecule has 0 radical (unpaired) electrons. The largest absolute Gasteiger partial charge is 0.335 e. The number of hydrogen-bond donors (Lipinski definition) is 5. The van der Waals surface area contributed by atoms with Crippen LogP contribution >= 0.6 is 22.7 Å². The van der Waals surface area contributed by atoms with E-state index in [1.807, 2.05) is 100 Å². The number of hydrogen-bond acceptors (Lipinski definition) is 11. The van der Waals surface area contributed by atoms with Crippen LogP contribution in [0.1, 0.15) is 39.7 Å². The van der Waals surface area contributed by atoms with Crippen LogP contribution in [-0.2, 0) is 4.79 Å². The average molecular weight is 932 g/mol. The molecule has 0 unspecified atom stereocenters. The second-order valence-electron chi connectivity index (χ2n) is 16.3. The van der Waals surface area contributed by atoms with Crippen molar-refractivity contribution in [3.8, 4) is 66.2 Å². The van der Waals surface area contributed by atoms with E-state index in [0.717, 1.165) is 104 Å². The van der Waals surface area contributed by atoms with Crippen molar-refractivity contribution in [2.24, 2.45) is 5.92 Å². The first-order valence-corrected chi connectivity index (χ1v) is 24.0. The zero-order valence-corrected chi connectivity index (χ0v) is 39.4. The molecule has 2 aromatic carbocycles. The van der Waals surface area contributed by atoms with E-state index in [4.69, 9.17) is 9.97 Å². The van der Waals surface area contributed by atoms with Gasteiger partial charge in [-0.05, 0) is 88.8 Å². The third-order valence-electron chi connectivity index (χ3n) is 11.2. The van der Waals surface area contributed by atoms with Gasteiger partial charge in [0, 0.05) is 80.2 Å². The molecule has 0 atom stereocenters. The molecule has 5 N–H and O–H groups in total. The van der Waals surface area contributed by atoms with Crippen molar-refractivity contribution in [1.82, 2.24) is 60.3 Å². The lowest BCUT2D eigenvalue weighted by Gasteiger charge is -2.09. The summed E-state index contributed by atoms with van der Waals surface area (Å²) in [6.07, 6.45) is 14.9. The van der Waals surface area contributed by atoms with Crippen molar-refractivity contribution in [3.05, 3.63) is 139 Å². The van der Waals surface area contributed by atoms with Crippen LogP contribution in [0, 0.1) is 12.8 Å². The number of benzene rings is 2. The first-order chi connectivity index (χ1) is 33.3. The summed E-state index contributed by atoms with van der Waals surface area (Å²) in [5.41, 5.74) is 14.9. The van der Waals surface area contributed by atoms with Crippen molar-refractivity contribution in [2.75, 3.05) is 5.32 Å². The van der Waals surface area contributed by atoms with Crippen LogP contribution in [0.15, 0.2) is 133 Å². The molecule has 0 spiro atoms. The monoisotopic (exact) mass is 931 g/mol. The summed E-state index contributed by atoms with van der Waals surface area (Å²) in [4.78, 5) is 48.5. The second kappa shape index (κ2) is 18.9. The first-order valence-electron chi connectivity index (χ1n) is 22.2. The third-order valence-corrected chi connectivity index (χ3v) is 13.0. The first kappa shape index (κ1) is 43.7. The molecule has 14 nitrogen and oxygen atoms in total. The molecule has 0 bridgehead atoms. The fraction of sp³-hybridized carbons (Fsp3) is 0.135.